The average Bonchev–Trinajstić information content (AvgIpc) is 3.03. The van der Waals surface area contributed by atoms with E-state index in [1.807, 2.05) is 0 Å². The molecule has 0 radical (unpaired) electrons. The van der Waals surface area contributed by atoms with E-state index in [1.165, 1.54) is 0 Å². The van der Waals surface area contributed by atoms with Gasteiger partial charge in [0, 0.05) is 19.0 Å². The third-order valence-corrected chi connectivity index (χ3v) is 5.80. The Morgan fingerprint density at radius 2 is 1.79 bits per heavy atom. The molecule has 0 unspecified atom stereocenters. The zero-order chi connectivity index (χ0) is 17.6. The SMILES string of the molecule is CC(C)CNC(=O)CCc1ccc(S(=O)(=O)NC2CCCC2)cc1. The Morgan fingerprint density at radius 3 is 2.38 bits per heavy atom. The van der Waals surface area contributed by atoms with Gasteiger partial charge in [-0.3, -0.25) is 4.79 Å². The van der Waals surface area contributed by atoms with Gasteiger partial charge in [-0.25, -0.2) is 13.1 Å². The van der Waals surface area contributed by atoms with Gasteiger partial charge in [-0.05, 0) is 42.9 Å². The quantitative estimate of drug-likeness (QED) is 0.755. The van der Waals surface area contributed by atoms with Gasteiger partial charge in [-0.1, -0.05) is 38.8 Å². The van der Waals surface area contributed by atoms with Gasteiger partial charge in [-0.15, -0.1) is 0 Å². The lowest BCUT2D eigenvalue weighted by Crippen LogP contribution is -2.32. The van der Waals surface area contributed by atoms with Crippen molar-refractivity contribution in [1.29, 1.82) is 0 Å². The Balaban J connectivity index is 1.86. The van der Waals surface area contributed by atoms with Crippen LogP contribution in [0.3, 0.4) is 0 Å². The van der Waals surface area contributed by atoms with Crippen molar-refractivity contribution in [2.45, 2.75) is 63.3 Å². The fourth-order valence-corrected chi connectivity index (χ4v) is 4.14. The first-order valence-electron chi connectivity index (χ1n) is 8.75. The summed E-state index contributed by atoms with van der Waals surface area (Å²) < 4.78 is 27.5. The van der Waals surface area contributed by atoms with Crippen LogP contribution in [0, 0.1) is 5.92 Å². The molecule has 0 aliphatic heterocycles. The molecule has 1 aliphatic rings. The van der Waals surface area contributed by atoms with Crippen LogP contribution in [0.2, 0.25) is 0 Å². The normalized spacial score (nSPS) is 15.8. The first kappa shape index (κ1) is 18.9. The first-order valence-corrected chi connectivity index (χ1v) is 10.2. The van der Waals surface area contributed by atoms with Gasteiger partial charge in [0.1, 0.15) is 0 Å². The van der Waals surface area contributed by atoms with Crippen LogP contribution < -0.4 is 10.0 Å². The molecule has 24 heavy (non-hydrogen) atoms. The topological polar surface area (TPSA) is 75.3 Å². The molecule has 0 atom stereocenters. The third kappa shape index (κ3) is 5.91. The highest BCUT2D eigenvalue weighted by Gasteiger charge is 2.22. The van der Waals surface area contributed by atoms with Crippen molar-refractivity contribution in [3.8, 4) is 0 Å². The summed E-state index contributed by atoms with van der Waals surface area (Å²) in [6.45, 7) is 4.79. The summed E-state index contributed by atoms with van der Waals surface area (Å²) in [6, 6.07) is 6.90. The molecule has 1 aliphatic carbocycles. The van der Waals surface area contributed by atoms with Crippen LogP contribution in [0.5, 0.6) is 0 Å². The van der Waals surface area contributed by atoms with Gasteiger partial charge in [0.25, 0.3) is 0 Å². The molecule has 134 valence electrons. The fraction of sp³-hybridized carbons (Fsp3) is 0.611. The molecule has 0 saturated heterocycles. The van der Waals surface area contributed by atoms with Crippen molar-refractivity contribution in [1.82, 2.24) is 10.0 Å². The minimum atomic E-state index is -3.44. The fourth-order valence-electron chi connectivity index (χ4n) is 2.83. The Hall–Kier alpha value is -1.40. The van der Waals surface area contributed by atoms with E-state index in [-0.39, 0.29) is 11.9 Å². The molecular formula is C18H28N2O3S. The Labute approximate surface area is 145 Å². The molecule has 0 spiro atoms. The van der Waals surface area contributed by atoms with Crippen LogP contribution in [0.15, 0.2) is 29.2 Å². The van der Waals surface area contributed by atoms with Gasteiger partial charge >= 0.3 is 0 Å². The first-order chi connectivity index (χ1) is 11.4. The highest BCUT2D eigenvalue weighted by molar-refractivity contribution is 7.89. The number of benzene rings is 1. The molecule has 0 bridgehead atoms. The maximum atomic E-state index is 12.3. The molecule has 0 aromatic heterocycles. The largest absolute Gasteiger partial charge is 0.356 e. The molecular weight excluding hydrogens is 324 g/mol. The van der Waals surface area contributed by atoms with E-state index in [2.05, 4.69) is 23.9 Å². The Bertz CT molecular complexity index is 633. The number of amides is 1. The van der Waals surface area contributed by atoms with Crippen LogP contribution in [0.25, 0.3) is 0 Å². The van der Waals surface area contributed by atoms with E-state index >= 15 is 0 Å². The minimum absolute atomic E-state index is 0.0308. The zero-order valence-corrected chi connectivity index (χ0v) is 15.4. The number of hydrogen-bond acceptors (Lipinski definition) is 3. The molecule has 1 aromatic carbocycles. The summed E-state index contributed by atoms with van der Waals surface area (Å²) in [6.07, 6.45) is 5.04. The van der Waals surface area contributed by atoms with Gasteiger partial charge < -0.3 is 5.32 Å². The van der Waals surface area contributed by atoms with E-state index in [4.69, 9.17) is 0 Å². The lowest BCUT2D eigenvalue weighted by atomic mass is 10.1. The minimum Gasteiger partial charge on any atom is -0.356 e. The van der Waals surface area contributed by atoms with Crippen molar-refractivity contribution < 1.29 is 13.2 Å². The molecule has 1 aromatic rings. The number of carbonyl (C=O) groups is 1. The molecule has 5 nitrogen and oxygen atoms in total. The van der Waals surface area contributed by atoms with Crippen molar-refractivity contribution in [3.63, 3.8) is 0 Å². The van der Waals surface area contributed by atoms with E-state index in [1.54, 1.807) is 24.3 Å². The monoisotopic (exact) mass is 352 g/mol. The van der Waals surface area contributed by atoms with Gasteiger partial charge in [0.15, 0.2) is 0 Å². The Kier molecular flexibility index (Phi) is 6.80. The molecule has 1 fully saturated rings. The number of rotatable bonds is 8. The number of aryl methyl sites for hydroxylation is 1. The van der Waals surface area contributed by atoms with Crippen molar-refractivity contribution in [3.05, 3.63) is 29.8 Å². The maximum Gasteiger partial charge on any atom is 0.240 e. The van der Waals surface area contributed by atoms with E-state index in [9.17, 15) is 13.2 Å². The van der Waals surface area contributed by atoms with Crippen LogP contribution >= 0.6 is 0 Å². The molecule has 2 rings (SSSR count). The zero-order valence-electron chi connectivity index (χ0n) is 14.5. The molecule has 0 heterocycles. The number of hydrogen-bond donors (Lipinski definition) is 2. The van der Waals surface area contributed by atoms with Gasteiger partial charge in [-0.2, -0.15) is 0 Å². The second-order valence-corrected chi connectivity index (χ2v) is 8.66. The van der Waals surface area contributed by atoms with Crippen LogP contribution in [0.4, 0.5) is 0 Å². The summed E-state index contributed by atoms with van der Waals surface area (Å²) in [5.74, 6) is 0.467. The highest BCUT2D eigenvalue weighted by Crippen LogP contribution is 2.20. The smallest absolute Gasteiger partial charge is 0.240 e. The number of nitrogens with one attached hydrogen (secondary N) is 2. The number of sulfonamides is 1. The van der Waals surface area contributed by atoms with Crippen molar-refractivity contribution >= 4 is 15.9 Å². The van der Waals surface area contributed by atoms with E-state index < -0.39 is 10.0 Å². The van der Waals surface area contributed by atoms with Crippen LogP contribution in [-0.4, -0.2) is 26.9 Å². The molecule has 1 amide bonds. The summed E-state index contributed by atoms with van der Waals surface area (Å²) in [5, 5.41) is 2.88. The maximum absolute atomic E-state index is 12.3. The lowest BCUT2D eigenvalue weighted by molar-refractivity contribution is -0.121. The second-order valence-electron chi connectivity index (χ2n) is 6.94. The summed E-state index contributed by atoms with van der Waals surface area (Å²) in [7, 11) is -3.44. The Morgan fingerprint density at radius 1 is 1.17 bits per heavy atom. The number of carbonyl (C=O) groups excluding carboxylic acids is 1. The molecule has 1 saturated carbocycles. The third-order valence-electron chi connectivity index (χ3n) is 4.26. The highest BCUT2D eigenvalue weighted by atomic mass is 32.2. The van der Waals surface area contributed by atoms with Crippen LogP contribution in [-0.2, 0) is 21.2 Å². The lowest BCUT2D eigenvalue weighted by Gasteiger charge is -2.13. The van der Waals surface area contributed by atoms with Crippen molar-refractivity contribution in [2.75, 3.05) is 6.54 Å². The van der Waals surface area contributed by atoms with E-state index in [0.717, 1.165) is 31.2 Å². The standard InChI is InChI=1S/C18H28N2O3S/c1-14(2)13-19-18(21)12-9-15-7-10-17(11-8-15)24(22,23)20-16-5-3-4-6-16/h7-8,10-11,14,16,20H,3-6,9,12-13H2,1-2H3,(H,19,21). The van der Waals surface area contributed by atoms with Gasteiger partial charge in [0.2, 0.25) is 15.9 Å². The second kappa shape index (κ2) is 8.62. The van der Waals surface area contributed by atoms with Crippen LogP contribution in [0.1, 0.15) is 51.5 Å². The predicted octanol–water partition coefficient (Wildman–Crippen LogP) is 2.61. The average molecular weight is 353 g/mol. The van der Waals surface area contributed by atoms with E-state index in [0.29, 0.717) is 30.2 Å². The summed E-state index contributed by atoms with van der Waals surface area (Å²) in [4.78, 5) is 12.0. The summed E-state index contributed by atoms with van der Waals surface area (Å²) >= 11 is 0. The predicted molar refractivity (Wildman–Crippen MR) is 95.2 cm³/mol. The molecule has 2 N–H and O–H groups in total. The van der Waals surface area contributed by atoms with Crippen molar-refractivity contribution in [2.24, 2.45) is 5.92 Å². The summed E-state index contributed by atoms with van der Waals surface area (Å²) in [5.41, 5.74) is 0.967. The van der Waals surface area contributed by atoms with Gasteiger partial charge in [0.05, 0.1) is 4.90 Å². The molecule has 6 heteroatoms.